The number of carbonyl (C=O) groups excluding carboxylic acids is 1. The second kappa shape index (κ2) is 9.13. The summed E-state index contributed by atoms with van der Waals surface area (Å²) in [6.45, 7) is 3.74. The smallest absolute Gasteiger partial charge is 0.317 e. The molecule has 0 aliphatic rings. The number of carbonyl (C=O) groups is 1. The highest BCUT2D eigenvalue weighted by molar-refractivity contribution is 5.80. The Morgan fingerprint density at radius 2 is 1.70 bits per heavy atom. The summed E-state index contributed by atoms with van der Waals surface area (Å²) in [5.74, 6) is 0.826. The van der Waals surface area contributed by atoms with Crippen molar-refractivity contribution < 1.29 is 14.3 Å². The van der Waals surface area contributed by atoms with Gasteiger partial charge in [0.2, 0.25) is 5.91 Å². The second-order valence-electron chi connectivity index (χ2n) is 6.54. The predicted octanol–water partition coefficient (Wildman–Crippen LogP) is 1.68. The number of fused-ring (bicyclic) bond motifs is 1. The normalized spacial score (nSPS) is 10.6. The van der Waals surface area contributed by atoms with Crippen LogP contribution in [0.15, 0.2) is 64.7 Å². The fraction of sp³-hybridized carbons (Fsp3) is 0.227. The summed E-state index contributed by atoms with van der Waals surface area (Å²) in [6, 6.07) is 12.2. The maximum Gasteiger partial charge on any atom is 0.317 e. The minimum Gasteiger partial charge on any atom is -0.497 e. The van der Waals surface area contributed by atoms with Crippen LogP contribution >= 0.6 is 0 Å². The van der Waals surface area contributed by atoms with Crippen LogP contribution in [0, 0.1) is 0 Å². The molecule has 0 spiro atoms. The predicted molar refractivity (Wildman–Crippen MR) is 114 cm³/mol. The van der Waals surface area contributed by atoms with Gasteiger partial charge >= 0.3 is 11.1 Å². The Labute approximate surface area is 173 Å². The van der Waals surface area contributed by atoms with Gasteiger partial charge in [-0.25, -0.2) is 0 Å². The van der Waals surface area contributed by atoms with Gasteiger partial charge in [0, 0.05) is 18.7 Å². The molecule has 0 saturated heterocycles. The van der Waals surface area contributed by atoms with Crippen LogP contribution in [0.4, 0.5) is 0 Å². The van der Waals surface area contributed by atoms with Gasteiger partial charge in [0.15, 0.2) is 0 Å². The van der Waals surface area contributed by atoms with E-state index >= 15 is 0 Å². The highest BCUT2D eigenvalue weighted by atomic mass is 16.5. The van der Waals surface area contributed by atoms with Gasteiger partial charge in [-0.2, -0.15) is 0 Å². The molecule has 0 aliphatic carbocycles. The van der Waals surface area contributed by atoms with E-state index in [1.807, 2.05) is 0 Å². The molecule has 1 aromatic heterocycles. The van der Waals surface area contributed by atoms with Crippen molar-refractivity contribution in [2.24, 2.45) is 0 Å². The van der Waals surface area contributed by atoms with Crippen LogP contribution < -0.4 is 25.9 Å². The van der Waals surface area contributed by atoms with Crippen LogP contribution in [-0.2, 0) is 24.4 Å². The number of amides is 1. The van der Waals surface area contributed by atoms with E-state index in [9.17, 15) is 14.4 Å². The highest BCUT2D eigenvalue weighted by Crippen LogP contribution is 2.23. The molecule has 0 bridgehead atoms. The third-order valence-corrected chi connectivity index (χ3v) is 4.71. The molecular weight excluding hydrogens is 386 g/mol. The first-order valence-corrected chi connectivity index (χ1v) is 9.31. The maximum absolute atomic E-state index is 12.7. The fourth-order valence-corrected chi connectivity index (χ4v) is 3.25. The average molecular weight is 409 g/mol. The molecule has 8 heteroatoms. The van der Waals surface area contributed by atoms with Crippen molar-refractivity contribution in [3.63, 3.8) is 0 Å². The summed E-state index contributed by atoms with van der Waals surface area (Å²) in [6.07, 6.45) is 1.55. The topological polar surface area (TPSA) is 91.6 Å². The monoisotopic (exact) mass is 409 g/mol. The van der Waals surface area contributed by atoms with E-state index in [0.717, 1.165) is 5.56 Å². The fourth-order valence-electron chi connectivity index (χ4n) is 3.25. The quantitative estimate of drug-likeness (QED) is 0.452. The number of methoxy groups -OCH3 is 2. The molecule has 0 unspecified atom stereocenters. The lowest BCUT2D eigenvalue weighted by Gasteiger charge is -2.15. The van der Waals surface area contributed by atoms with Gasteiger partial charge in [-0.3, -0.25) is 23.5 Å². The number of hydrogen-bond donors (Lipinski definition) is 1. The number of nitrogens with zero attached hydrogens (tertiary/aromatic N) is 2. The molecule has 2 aromatic carbocycles. The van der Waals surface area contributed by atoms with Crippen LogP contribution in [0.3, 0.4) is 0 Å². The van der Waals surface area contributed by atoms with Gasteiger partial charge in [0.1, 0.15) is 18.0 Å². The molecule has 1 amide bonds. The van der Waals surface area contributed by atoms with Crippen molar-refractivity contribution in [2.75, 3.05) is 14.2 Å². The Morgan fingerprint density at radius 1 is 1.03 bits per heavy atom. The second-order valence-corrected chi connectivity index (χ2v) is 6.54. The first-order chi connectivity index (χ1) is 14.5. The molecule has 0 radical (unpaired) electrons. The van der Waals surface area contributed by atoms with Gasteiger partial charge in [-0.15, -0.1) is 6.58 Å². The van der Waals surface area contributed by atoms with Gasteiger partial charge < -0.3 is 14.8 Å². The van der Waals surface area contributed by atoms with E-state index in [1.54, 1.807) is 55.7 Å². The zero-order valence-electron chi connectivity index (χ0n) is 16.9. The van der Waals surface area contributed by atoms with Crippen LogP contribution in [-0.4, -0.2) is 29.3 Å². The molecule has 3 rings (SSSR count). The molecule has 8 nitrogen and oxygen atoms in total. The van der Waals surface area contributed by atoms with E-state index in [0.29, 0.717) is 22.5 Å². The molecule has 0 fully saturated rings. The average Bonchev–Trinajstić information content (AvgIpc) is 2.77. The highest BCUT2D eigenvalue weighted by Gasteiger charge is 2.15. The molecular formula is C22H23N3O5. The summed E-state index contributed by atoms with van der Waals surface area (Å²) in [5.41, 5.74) is 0.326. The van der Waals surface area contributed by atoms with E-state index in [-0.39, 0.29) is 19.6 Å². The lowest BCUT2D eigenvalue weighted by atomic mass is 10.2. The minimum atomic E-state index is -0.760. The summed E-state index contributed by atoms with van der Waals surface area (Å²) >= 11 is 0. The number of ether oxygens (including phenoxy) is 2. The number of nitrogens with one attached hydrogen (secondary N) is 1. The first kappa shape index (κ1) is 20.9. The molecule has 1 heterocycles. The number of aromatic nitrogens is 2. The minimum absolute atomic E-state index is 0.180. The molecule has 156 valence electrons. The van der Waals surface area contributed by atoms with E-state index < -0.39 is 17.0 Å². The molecule has 3 aromatic rings. The zero-order chi connectivity index (χ0) is 21.7. The number of benzene rings is 2. The standard InChI is InChI=1S/C22H23N3O5/c1-4-11-24-17-7-5-6-8-18(17)25(22(28)21(24)27)14-20(26)23-13-15-12-16(29-2)9-10-19(15)30-3/h4-10,12H,1,11,13-14H2,2-3H3,(H,23,26). The number of para-hydroxylation sites is 2. The third kappa shape index (κ3) is 4.12. The molecule has 0 atom stereocenters. The third-order valence-electron chi connectivity index (χ3n) is 4.71. The molecule has 0 aliphatic heterocycles. The van der Waals surface area contributed by atoms with Gasteiger partial charge in [0.25, 0.3) is 0 Å². The van der Waals surface area contributed by atoms with Crippen molar-refractivity contribution in [3.8, 4) is 11.5 Å². The van der Waals surface area contributed by atoms with Crippen molar-refractivity contribution in [2.45, 2.75) is 19.6 Å². The summed E-state index contributed by atoms with van der Waals surface area (Å²) in [4.78, 5) is 37.8. The zero-order valence-corrected chi connectivity index (χ0v) is 16.9. The van der Waals surface area contributed by atoms with Crippen LogP contribution in [0.1, 0.15) is 5.56 Å². The molecule has 1 N–H and O–H groups in total. The van der Waals surface area contributed by atoms with Crippen molar-refractivity contribution in [1.29, 1.82) is 0 Å². The first-order valence-electron chi connectivity index (χ1n) is 9.31. The Morgan fingerprint density at radius 3 is 2.33 bits per heavy atom. The summed E-state index contributed by atoms with van der Waals surface area (Å²) < 4.78 is 13.1. The van der Waals surface area contributed by atoms with Gasteiger partial charge in [-0.1, -0.05) is 18.2 Å². The van der Waals surface area contributed by atoms with Gasteiger partial charge in [-0.05, 0) is 30.3 Å². The van der Waals surface area contributed by atoms with E-state index in [2.05, 4.69) is 11.9 Å². The Bertz CT molecular complexity index is 1210. The lowest BCUT2D eigenvalue weighted by molar-refractivity contribution is -0.121. The Hall–Kier alpha value is -3.81. The maximum atomic E-state index is 12.7. The summed E-state index contributed by atoms with van der Waals surface area (Å²) in [5, 5.41) is 2.77. The molecule has 0 saturated carbocycles. The van der Waals surface area contributed by atoms with Crippen LogP contribution in [0.5, 0.6) is 11.5 Å². The SMILES string of the molecule is C=CCn1c(=O)c(=O)n(CC(=O)NCc2cc(OC)ccc2OC)c2ccccc21. The Kier molecular flexibility index (Phi) is 6.36. The van der Waals surface area contributed by atoms with Crippen LogP contribution in [0.2, 0.25) is 0 Å². The number of rotatable bonds is 8. The lowest BCUT2D eigenvalue weighted by Crippen LogP contribution is -2.43. The largest absolute Gasteiger partial charge is 0.497 e. The number of allylic oxidation sites excluding steroid dienone is 1. The van der Waals surface area contributed by atoms with Crippen molar-refractivity contribution in [1.82, 2.24) is 14.5 Å². The van der Waals surface area contributed by atoms with E-state index in [4.69, 9.17) is 9.47 Å². The summed E-state index contributed by atoms with van der Waals surface area (Å²) in [7, 11) is 3.09. The van der Waals surface area contributed by atoms with Crippen molar-refractivity contribution >= 4 is 16.9 Å². The van der Waals surface area contributed by atoms with E-state index in [1.165, 1.54) is 16.2 Å². The molecule has 30 heavy (non-hydrogen) atoms. The number of hydrogen-bond acceptors (Lipinski definition) is 5. The van der Waals surface area contributed by atoms with Crippen molar-refractivity contribution in [3.05, 3.63) is 81.4 Å². The van der Waals surface area contributed by atoms with Crippen LogP contribution in [0.25, 0.3) is 11.0 Å². The van der Waals surface area contributed by atoms with Gasteiger partial charge in [0.05, 0.1) is 25.3 Å². The Balaban J connectivity index is 1.89.